The lowest BCUT2D eigenvalue weighted by Gasteiger charge is -2.20. The van der Waals surface area contributed by atoms with Gasteiger partial charge >= 0.3 is 0 Å². The van der Waals surface area contributed by atoms with Crippen LogP contribution < -0.4 is 0 Å². The van der Waals surface area contributed by atoms with E-state index in [1.807, 2.05) is 6.20 Å². The molecule has 10 aromatic rings. The maximum absolute atomic E-state index is 5.07. The van der Waals surface area contributed by atoms with Gasteiger partial charge in [0, 0.05) is 46.0 Å². The molecule has 6 aromatic carbocycles. The van der Waals surface area contributed by atoms with E-state index in [0.29, 0.717) is 0 Å². The highest BCUT2D eigenvalue weighted by Crippen LogP contribution is 2.39. The molecule has 0 radical (unpaired) electrons. The maximum atomic E-state index is 5.07. The molecule has 0 saturated heterocycles. The average molecular weight is 646 g/mol. The molecule has 0 atom stereocenters. The molecule has 0 amide bonds. The Morgan fingerprint density at radius 2 is 1.18 bits per heavy atom. The number of imidazole rings is 1. The number of nitrogens with zero attached hydrogens (tertiary/aromatic N) is 5. The van der Waals surface area contributed by atoms with Gasteiger partial charge in [-0.25, -0.2) is 9.97 Å². The zero-order chi connectivity index (χ0) is 33.7. The van der Waals surface area contributed by atoms with Crippen molar-refractivity contribution in [3.05, 3.63) is 145 Å². The van der Waals surface area contributed by atoms with E-state index < -0.39 is 0 Å². The van der Waals surface area contributed by atoms with E-state index in [0.717, 1.165) is 50.5 Å². The number of aryl methyl sites for hydroxylation is 1. The summed E-state index contributed by atoms with van der Waals surface area (Å²) in [5, 5.41) is 7.33. The Kier molecular flexibility index (Phi) is 5.99. The zero-order valence-electron chi connectivity index (χ0n) is 28.5. The van der Waals surface area contributed by atoms with Crippen molar-refractivity contribution in [1.82, 2.24) is 23.7 Å². The first kappa shape index (κ1) is 28.8. The van der Waals surface area contributed by atoms with Gasteiger partial charge in [0.05, 0.1) is 33.1 Å². The quantitative estimate of drug-likeness (QED) is 0.192. The number of hydrogen-bond acceptors (Lipinski definition) is 2. The van der Waals surface area contributed by atoms with Crippen LogP contribution in [0, 0.1) is 0 Å². The van der Waals surface area contributed by atoms with Gasteiger partial charge in [0.1, 0.15) is 11.6 Å². The van der Waals surface area contributed by atoms with E-state index in [1.54, 1.807) is 0 Å². The first-order valence-electron chi connectivity index (χ1n) is 17.2. The fraction of sp³-hybridized carbons (Fsp3) is 0.111. The molecular formula is C45H35N5. The number of benzene rings is 6. The fourth-order valence-electron chi connectivity index (χ4n) is 7.88. The minimum Gasteiger partial charge on any atom is -0.327 e. The number of rotatable bonds is 3. The summed E-state index contributed by atoms with van der Waals surface area (Å²) in [6.07, 6.45) is 1.95. The van der Waals surface area contributed by atoms with Gasteiger partial charge in [-0.1, -0.05) is 93.6 Å². The molecule has 0 aliphatic rings. The van der Waals surface area contributed by atoms with Crippen molar-refractivity contribution < 1.29 is 0 Å². The van der Waals surface area contributed by atoms with Crippen LogP contribution in [0.3, 0.4) is 0 Å². The maximum Gasteiger partial charge on any atom is 0.140 e. The molecule has 0 aliphatic heterocycles. The largest absolute Gasteiger partial charge is 0.327 e. The van der Waals surface area contributed by atoms with Crippen molar-refractivity contribution in [3.63, 3.8) is 0 Å². The van der Waals surface area contributed by atoms with Crippen LogP contribution in [-0.2, 0) is 12.5 Å². The van der Waals surface area contributed by atoms with Crippen molar-refractivity contribution in [2.75, 3.05) is 0 Å². The van der Waals surface area contributed by atoms with Crippen molar-refractivity contribution in [3.8, 4) is 22.9 Å². The second kappa shape index (κ2) is 10.4. The first-order valence-corrected chi connectivity index (χ1v) is 17.2. The minimum absolute atomic E-state index is 0.00408. The van der Waals surface area contributed by atoms with E-state index in [1.165, 1.54) is 43.4 Å². The molecule has 0 saturated carbocycles. The Morgan fingerprint density at radius 3 is 2.00 bits per heavy atom. The number of para-hydroxylation sites is 3. The van der Waals surface area contributed by atoms with Crippen molar-refractivity contribution in [1.29, 1.82) is 0 Å². The highest BCUT2D eigenvalue weighted by Gasteiger charge is 2.21. The monoisotopic (exact) mass is 645 g/mol. The standard InChI is InChI=1S/C45H35N5/c1-45(2,3)31-21-22-46-43(26-31)50-38-15-9-7-13-33(38)34-20-18-32(27-42(34)50)49-40-25-30(44-47-37-14-8-10-16-39(37)48(44)4)17-19-35(40)36-23-28-11-5-6-12-29(28)24-41(36)49/h5-27H,1-4H3. The van der Waals surface area contributed by atoms with Crippen LogP contribution in [0.15, 0.2) is 140 Å². The third kappa shape index (κ3) is 4.19. The normalized spacial score (nSPS) is 12.4. The van der Waals surface area contributed by atoms with Crippen LogP contribution in [0.5, 0.6) is 0 Å². The summed E-state index contributed by atoms with van der Waals surface area (Å²) >= 11 is 0. The van der Waals surface area contributed by atoms with Crippen LogP contribution in [0.2, 0.25) is 0 Å². The molecule has 4 aromatic heterocycles. The van der Waals surface area contributed by atoms with Crippen molar-refractivity contribution in [2.45, 2.75) is 26.2 Å². The summed E-state index contributed by atoms with van der Waals surface area (Å²) in [5.74, 6) is 1.88. The molecule has 240 valence electrons. The van der Waals surface area contributed by atoms with Crippen molar-refractivity contribution in [2.24, 2.45) is 7.05 Å². The summed E-state index contributed by atoms with van der Waals surface area (Å²) in [7, 11) is 2.10. The second-order valence-corrected chi connectivity index (χ2v) is 14.5. The highest BCUT2D eigenvalue weighted by atomic mass is 15.1. The SMILES string of the molecule is Cn1c(-c2ccc3c4cc5ccccc5cc4n(-c4ccc5c6ccccc6n(-c6cc(C(C)(C)C)ccn6)c5c4)c3c2)nc2ccccc21. The second-order valence-electron chi connectivity index (χ2n) is 14.5. The molecule has 5 heteroatoms. The number of fused-ring (bicyclic) bond motifs is 8. The summed E-state index contributed by atoms with van der Waals surface area (Å²) < 4.78 is 6.96. The summed E-state index contributed by atoms with van der Waals surface area (Å²) in [5.41, 5.74) is 10.2. The predicted octanol–water partition coefficient (Wildman–Crippen LogP) is 11.3. The van der Waals surface area contributed by atoms with Gasteiger partial charge < -0.3 is 9.13 Å². The third-order valence-electron chi connectivity index (χ3n) is 10.4. The molecule has 0 N–H and O–H groups in total. The van der Waals surface area contributed by atoms with Crippen LogP contribution >= 0.6 is 0 Å². The fourth-order valence-corrected chi connectivity index (χ4v) is 7.88. The summed E-state index contributed by atoms with van der Waals surface area (Å²) in [6, 6.07) is 48.4. The Balaban J connectivity index is 1.29. The number of pyridine rings is 1. The average Bonchev–Trinajstić information content (AvgIpc) is 3.76. The first-order chi connectivity index (χ1) is 24.3. The van der Waals surface area contributed by atoms with Crippen LogP contribution in [0.1, 0.15) is 26.3 Å². The van der Waals surface area contributed by atoms with Crippen LogP contribution in [-0.4, -0.2) is 23.7 Å². The molecule has 0 unspecified atom stereocenters. The summed E-state index contributed by atoms with van der Waals surface area (Å²) in [4.78, 5) is 10.0. The Labute approximate surface area is 289 Å². The summed E-state index contributed by atoms with van der Waals surface area (Å²) in [6.45, 7) is 6.76. The Morgan fingerprint density at radius 1 is 0.520 bits per heavy atom. The van der Waals surface area contributed by atoms with Crippen molar-refractivity contribution >= 4 is 65.4 Å². The van der Waals surface area contributed by atoms with Crippen LogP contribution in [0.4, 0.5) is 0 Å². The van der Waals surface area contributed by atoms with E-state index in [4.69, 9.17) is 9.97 Å². The van der Waals surface area contributed by atoms with E-state index in [2.05, 4.69) is 175 Å². The van der Waals surface area contributed by atoms with E-state index >= 15 is 0 Å². The van der Waals surface area contributed by atoms with Gasteiger partial charge in [0.2, 0.25) is 0 Å². The highest BCUT2D eigenvalue weighted by molar-refractivity contribution is 6.15. The molecule has 0 bridgehead atoms. The lowest BCUT2D eigenvalue weighted by Crippen LogP contribution is -2.12. The molecule has 10 rings (SSSR count). The number of aromatic nitrogens is 5. The van der Waals surface area contributed by atoms with Gasteiger partial charge in [0.15, 0.2) is 0 Å². The molecule has 0 aliphatic carbocycles. The lowest BCUT2D eigenvalue weighted by molar-refractivity contribution is 0.588. The van der Waals surface area contributed by atoms with Gasteiger partial charge in [0.25, 0.3) is 0 Å². The van der Waals surface area contributed by atoms with Gasteiger partial charge in [-0.2, -0.15) is 0 Å². The Hall–Kier alpha value is -6.20. The number of hydrogen-bond donors (Lipinski definition) is 0. The van der Waals surface area contributed by atoms with Gasteiger partial charge in [-0.3, -0.25) is 4.57 Å². The molecule has 0 fully saturated rings. The van der Waals surface area contributed by atoms with Gasteiger partial charge in [-0.05, 0) is 82.4 Å². The Bertz CT molecular complexity index is 2980. The molecule has 4 heterocycles. The minimum atomic E-state index is 0.00408. The lowest BCUT2D eigenvalue weighted by atomic mass is 9.88. The smallest absolute Gasteiger partial charge is 0.140 e. The molecular weight excluding hydrogens is 611 g/mol. The van der Waals surface area contributed by atoms with Crippen LogP contribution in [0.25, 0.3) is 88.3 Å². The van der Waals surface area contributed by atoms with Gasteiger partial charge in [-0.15, -0.1) is 0 Å². The topological polar surface area (TPSA) is 40.6 Å². The zero-order valence-corrected chi connectivity index (χ0v) is 28.5. The molecule has 5 nitrogen and oxygen atoms in total. The predicted molar refractivity (Wildman–Crippen MR) is 209 cm³/mol. The molecule has 50 heavy (non-hydrogen) atoms. The van der Waals surface area contributed by atoms with E-state index in [-0.39, 0.29) is 5.41 Å². The third-order valence-corrected chi connectivity index (χ3v) is 10.4. The van der Waals surface area contributed by atoms with E-state index in [9.17, 15) is 0 Å². The molecule has 0 spiro atoms.